The summed E-state index contributed by atoms with van der Waals surface area (Å²) >= 11 is 0. The van der Waals surface area contributed by atoms with Crippen molar-refractivity contribution in [2.75, 3.05) is 19.8 Å². The molecule has 0 heterocycles. The third-order valence-corrected chi connectivity index (χ3v) is 3.01. The molecule has 0 aliphatic heterocycles. The smallest absolute Gasteiger partial charge is 0.243 e. The Kier molecular flexibility index (Phi) is 4.12. The molecule has 1 aromatic rings. The fraction of sp³-hybridized carbons (Fsp3) is 0.462. The topological polar surface area (TPSA) is 64.4 Å². The van der Waals surface area contributed by atoms with Gasteiger partial charge in [-0.3, -0.25) is 4.79 Å². The molecule has 0 saturated carbocycles. The van der Waals surface area contributed by atoms with Gasteiger partial charge in [-0.05, 0) is 24.0 Å². The second-order valence-corrected chi connectivity index (χ2v) is 4.26. The molecule has 1 amide bonds. The monoisotopic (exact) mass is 234 g/mol. The molecule has 92 valence electrons. The third-order valence-electron chi connectivity index (χ3n) is 3.01. The van der Waals surface area contributed by atoms with Crippen LogP contribution in [-0.4, -0.2) is 25.7 Å². The van der Waals surface area contributed by atoms with Gasteiger partial charge < -0.3 is 15.8 Å². The lowest BCUT2D eigenvalue weighted by Crippen LogP contribution is -2.26. The molecule has 1 aliphatic rings. The highest BCUT2D eigenvalue weighted by molar-refractivity contribution is 5.74. The van der Waals surface area contributed by atoms with Gasteiger partial charge in [0.05, 0.1) is 6.61 Å². The average Bonchev–Trinajstić information content (AvgIpc) is 2.72. The molecule has 0 saturated heterocycles. The van der Waals surface area contributed by atoms with Gasteiger partial charge in [-0.15, -0.1) is 0 Å². The fourth-order valence-electron chi connectivity index (χ4n) is 2.25. The summed E-state index contributed by atoms with van der Waals surface area (Å²) in [5.41, 5.74) is 7.80. The molecule has 3 N–H and O–H groups in total. The molecule has 0 aromatic heterocycles. The zero-order chi connectivity index (χ0) is 12.1. The molecule has 0 bridgehead atoms. The third kappa shape index (κ3) is 3.28. The predicted octanol–water partition coefficient (Wildman–Crippen LogP) is 0.765. The van der Waals surface area contributed by atoms with Crippen LogP contribution in [0.15, 0.2) is 24.3 Å². The van der Waals surface area contributed by atoms with Gasteiger partial charge in [0.25, 0.3) is 0 Å². The van der Waals surface area contributed by atoms with Crippen molar-refractivity contribution >= 4 is 5.91 Å². The van der Waals surface area contributed by atoms with E-state index in [4.69, 9.17) is 10.5 Å². The summed E-state index contributed by atoms with van der Waals surface area (Å²) in [4.78, 5) is 10.5. The van der Waals surface area contributed by atoms with Crippen LogP contribution in [0.5, 0.6) is 0 Å². The summed E-state index contributed by atoms with van der Waals surface area (Å²) in [6.45, 7) is 1.26. The Bertz CT molecular complexity index is 393. The van der Waals surface area contributed by atoms with E-state index in [0.29, 0.717) is 12.6 Å². The number of benzene rings is 1. The molecule has 4 nitrogen and oxygen atoms in total. The Morgan fingerprint density at radius 2 is 2.29 bits per heavy atom. The predicted molar refractivity (Wildman–Crippen MR) is 65.5 cm³/mol. The molecule has 2 rings (SSSR count). The zero-order valence-corrected chi connectivity index (χ0v) is 9.82. The number of aryl methyl sites for hydroxylation is 1. The molecule has 17 heavy (non-hydrogen) atoms. The fourth-order valence-corrected chi connectivity index (χ4v) is 2.25. The van der Waals surface area contributed by atoms with Crippen molar-refractivity contribution in [1.29, 1.82) is 0 Å². The Hall–Kier alpha value is -1.39. The number of rotatable bonds is 6. The van der Waals surface area contributed by atoms with Crippen LogP contribution < -0.4 is 11.1 Å². The number of fused-ring (bicyclic) bond motifs is 1. The van der Waals surface area contributed by atoms with E-state index in [1.807, 2.05) is 0 Å². The van der Waals surface area contributed by atoms with Crippen LogP contribution in [0.4, 0.5) is 0 Å². The average molecular weight is 234 g/mol. The van der Waals surface area contributed by atoms with Crippen molar-refractivity contribution < 1.29 is 9.53 Å². The number of carbonyl (C=O) groups is 1. The molecule has 0 spiro atoms. The van der Waals surface area contributed by atoms with E-state index in [-0.39, 0.29) is 6.61 Å². The summed E-state index contributed by atoms with van der Waals surface area (Å²) < 4.78 is 5.11. The SMILES string of the molecule is NC(=O)COCCNC1CCc2ccccc21. The van der Waals surface area contributed by atoms with Gasteiger partial charge in [-0.1, -0.05) is 24.3 Å². The maximum Gasteiger partial charge on any atom is 0.243 e. The van der Waals surface area contributed by atoms with Gasteiger partial charge in [-0.2, -0.15) is 0 Å². The lowest BCUT2D eigenvalue weighted by Gasteiger charge is -2.13. The maximum absolute atomic E-state index is 10.5. The van der Waals surface area contributed by atoms with Crippen LogP contribution in [0.1, 0.15) is 23.6 Å². The van der Waals surface area contributed by atoms with Crippen LogP contribution in [0.25, 0.3) is 0 Å². The Balaban J connectivity index is 1.73. The molecule has 1 aromatic carbocycles. The van der Waals surface area contributed by atoms with E-state index < -0.39 is 5.91 Å². The minimum atomic E-state index is -0.420. The van der Waals surface area contributed by atoms with E-state index in [1.54, 1.807) is 0 Å². The Morgan fingerprint density at radius 1 is 1.47 bits per heavy atom. The minimum Gasteiger partial charge on any atom is -0.370 e. The molecular weight excluding hydrogens is 216 g/mol. The second kappa shape index (κ2) is 5.80. The first kappa shape index (κ1) is 12.1. The Labute approximate surface area is 101 Å². The van der Waals surface area contributed by atoms with Crippen molar-refractivity contribution in [3.05, 3.63) is 35.4 Å². The number of nitrogens with one attached hydrogen (secondary N) is 1. The lowest BCUT2D eigenvalue weighted by molar-refractivity contribution is -0.122. The van der Waals surface area contributed by atoms with Crippen LogP contribution in [0.3, 0.4) is 0 Å². The van der Waals surface area contributed by atoms with Crippen molar-refractivity contribution in [1.82, 2.24) is 5.32 Å². The second-order valence-electron chi connectivity index (χ2n) is 4.26. The minimum absolute atomic E-state index is 0.00291. The van der Waals surface area contributed by atoms with Crippen LogP contribution in [0.2, 0.25) is 0 Å². The first-order valence-electron chi connectivity index (χ1n) is 5.94. The molecule has 0 radical (unpaired) electrons. The Morgan fingerprint density at radius 3 is 3.12 bits per heavy atom. The number of hydrogen-bond acceptors (Lipinski definition) is 3. The normalized spacial score (nSPS) is 18.0. The largest absolute Gasteiger partial charge is 0.370 e. The van der Waals surface area contributed by atoms with Crippen LogP contribution in [0, 0.1) is 0 Å². The van der Waals surface area contributed by atoms with Gasteiger partial charge in [0.15, 0.2) is 0 Å². The highest BCUT2D eigenvalue weighted by Gasteiger charge is 2.20. The molecule has 0 fully saturated rings. The molecule has 4 heteroatoms. The van der Waals surface area contributed by atoms with Crippen molar-refractivity contribution in [2.45, 2.75) is 18.9 Å². The number of carbonyl (C=O) groups excluding carboxylic acids is 1. The van der Waals surface area contributed by atoms with Crippen molar-refractivity contribution in [3.63, 3.8) is 0 Å². The van der Waals surface area contributed by atoms with E-state index in [1.165, 1.54) is 11.1 Å². The van der Waals surface area contributed by atoms with E-state index in [2.05, 4.69) is 29.6 Å². The number of nitrogens with two attached hydrogens (primary N) is 1. The zero-order valence-electron chi connectivity index (χ0n) is 9.82. The van der Waals surface area contributed by atoms with Crippen LogP contribution in [-0.2, 0) is 16.0 Å². The number of hydrogen-bond donors (Lipinski definition) is 2. The van der Waals surface area contributed by atoms with Gasteiger partial charge in [0.1, 0.15) is 6.61 Å². The highest BCUT2D eigenvalue weighted by atomic mass is 16.5. The highest BCUT2D eigenvalue weighted by Crippen LogP contribution is 2.30. The first-order chi connectivity index (χ1) is 8.27. The summed E-state index contributed by atoms with van der Waals surface area (Å²) in [7, 11) is 0. The molecular formula is C13H18N2O2. The summed E-state index contributed by atoms with van der Waals surface area (Å²) in [6, 6.07) is 8.92. The molecule has 1 atom stereocenters. The van der Waals surface area contributed by atoms with E-state index in [0.717, 1.165) is 19.4 Å². The van der Waals surface area contributed by atoms with Gasteiger partial charge in [0, 0.05) is 12.6 Å². The lowest BCUT2D eigenvalue weighted by atomic mass is 10.1. The molecule has 1 aliphatic carbocycles. The quantitative estimate of drug-likeness (QED) is 0.714. The number of primary amides is 1. The summed E-state index contributed by atoms with van der Waals surface area (Å²) in [6.07, 6.45) is 2.27. The number of amides is 1. The van der Waals surface area contributed by atoms with Gasteiger partial charge in [0.2, 0.25) is 5.91 Å². The van der Waals surface area contributed by atoms with Gasteiger partial charge >= 0.3 is 0 Å². The summed E-state index contributed by atoms with van der Waals surface area (Å²) in [5.74, 6) is -0.420. The standard InChI is InChI=1S/C13H18N2O2/c14-13(16)9-17-8-7-15-12-6-5-10-3-1-2-4-11(10)12/h1-4,12,15H,5-9H2,(H2,14,16). The van der Waals surface area contributed by atoms with E-state index >= 15 is 0 Å². The summed E-state index contributed by atoms with van der Waals surface area (Å²) in [5, 5.41) is 3.43. The van der Waals surface area contributed by atoms with E-state index in [9.17, 15) is 4.79 Å². The van der Waals surface area contributed by atoms with Crippen molar-refractivity contribution in [2.24, 2.45) is 5.73 Å². The van der Waals surface area contributed by atoms with Crippen molar-refractivity contribution in [3.8, 4) is 0 Å². The van der Waals surface area contributed by atoms with Gasteiger partial charge in [-0.25, -0.2) is 0 Å². The number of ether oxygens (including phenoxy) is 1. The first-order valence-corrected chi connectivity index (χ1v) is 5.94. The van der Waals surface area contributed by atoms with Crippen LogP contribution >= 0.6 is 0 Å². The maximum atomic E-state index is 10.5. The molecule has 1 unspecified atom stereocenters.